The van der Waals surface area contributed by atoms with Gasteiger partial charge in [0.25, 0.3) is 0 Å². The van der Waals surface area contributed by atoms with E-state index in [4.69, 9.17) is 4.74 Å². The molecule has 0 saturated carbocycles. The SMILES string of the molecule is C=CC(=O)OC(C)(C)C.CCl. The number of ether oxygens (including phenoxy) is 1. The topological polar surface area (TPSA) is 26.3 Å². The summed E-state index contributed by atoms with van der Waals surface area (Å²) in [5.74, 6) is -0.373. The molecule has 0 unspecified atom stereocenters. The molecule has 66 valence electrons. The third kappa shape index (κ3) is 12.6. The van der Waals surface area contributed by atoms with E-state index >= 15 is 0 Å². The maximum atomic E-state index is 10.5. The molecule has 0 bridgehead atoms. The summed E-state index contributed by atoms with van der Waals surface area (Å²) in [5.41, 5.74) is -0.398. The van der Waals surface area contributed by atoms with Crippen LogP contribution in [0.25, 0.3) is 0 Å². The number of rotatable bonds is 1. The van der Waals surface area contributed by atoms with Crippen molar-refractivity contribution in [1.82, 2.24) is 0 Å². The van der Waals surface area contributed by atoms with Gasteiger partial charge in [-0.05, 0) is 20.8 Å². The predicted molar refractivity (Wildman–Crippen MR) is 47.8 cm³/mol. The van der Waals surface area contributed by atoms with Gasteiger partial charge in [-0.15, -0.1) is 11.6 Å². The molecule has 11 heavy (non-hydrogen) atoms. The number of esters is 1. The van der Waals surface area contributed by atoms with Gasteiger partial charge in [0.05, 0.1) is 0 Å². The molecule has 0 spiro atoms. The number of halogens is 1. The molecular formula is C8H15ClO2. The lowest BCUT2D eigenvalue weighted by atomic mass is 10.2. The molecule has 0 aromatic heterocycles. The van der Waals surface area contributed by atoms with Crippen LogP contribution in [-0.4, -0.2) is 18.0 Å². The fraction of sp³-hybridized carbons (Fsp3) is 0.625. The highest BCUT2D eigenvalue weighted by atomic mass is 35.5. The minimum atomic E-state index is -0.398. The largest absolute Gasteiger partial charge is 0.457 e. The van der Waals surface area contributed by atoms with Crippen molar-refractivity contribution in [2.45, 2.75) is 26.4 Å². The molecule has 0 rings (SSSR count). The summed E-state index contributed by atoms with van der Waals surface area (Å²) in [6, 6.07) is 0. The number of hydrogen-bond donors (Lipinski definition) is 0. The Bertz CT molecular complexity index is 125. The summed E-state index contributed by atoms with van der Waals surface area (Å²) >= 11 is 4.64. The van der Waals surface area contributed by atoms with Gasteiger partial charge in [0.1, 0.15) is 5.60 Å². The molecule has 0 fully saturated rings. The number of carbonyl (C=O) groups excluding carboxylic acids is 1. The standard InChI is InChI=1S/C7H12O2.CH3Cl/c1-5-6(8)9-7(2,3)4;1-2/h5H,1H2,2-4H3;1H3. The molecule has 0 aliphatic heterocycles. The van der Waals surface area contributed by atoms with E-state index < -0.39 is 5.60 Å². The zero-order chi connectivity index (χ0) is 9.49. The number of carbonyl (C=O) groups is 1. The predicted octanol–water partition coefficient (Wildman–Crippen LogP) is 2.37. The molecule has 0 saturated heterocycles. The van der Waals surface area contributed by atoms with Crippen LogP contribution in [0.5, 0.6) is 0 Å². The molecule has 0 aliphatic rings. The quantitative estimate of drug-likeness (QED) is 0.350. The average Bonchev–Trinajstić information content (AvgIpc) is 1.89. The summed E-state index contributed by atoms with van der Waals surface area (Å²) in [5, 5.41) is 0. The third-order valence-corrected chi connectivity index (χ3v) is 0.573. The molecule has 0 amide bonds. The van der Waals surface area contributed by atoms with Crippen molar-refractivity contribution >= 4 is 17.6 Å². The lowest BCUT2D eigenvalue weighted by Crippen LogP contribution is -2.22. The Hall–Kier alpha value is -0.500. The molecule has 3 heteroatoms. The second kappa shape index (κ2) is 6.23. The van der Waals surface area contributed by atoms with Gasteiger partial charge in [0.15, 0.2) is 0 Å². The van der Waals surface area contributed by atoms with Gasteiger partial charge in [-0.2, -0.15) is 0 Å². The van der Waals surface area contributed by atoms with Crippen LogP contribution >= 0.6 is 11.6 Å². The van der Waals surface area contributed by atoms with Crippen LogP contribution in [0.1, 0.15) is 20.8 Å². The maximum Gasteiger partial charge on any atom is 0.330 e. The minimum absolute atomic E-state index is 0.373. The van der Waals surface area contributed by atoms with Crippen LogP contribution in [0.15, 0.2) is 12.7 Å². The van der Waals surface area contributed by atoms with Crippen LogP contribution in [0.2, 0.25) is 0 Å². The zero-order valence-corrected chi connectivity index (χ0v) is 8.23. The van der Waals surface area contributed by atoms with Crippen LogP contribution in [0.4, 0.5) is 0 Å². The fourth-order valence-electron chi connectivity index (χ4n) is 0.343. The van der Waals surface area contributed by atoms with Crippen molar-refractivity contribution in [3.8, 4) is 0 Å². The first-order valence-corrected chi connectivity index (χ1v) is 3.94. The summed E-state index contributed by atoms with van der Waals surface area (Å²) in [6.07, 6.45) is 2.63. The molecule has 0 atom stereocenters. The first-order chi connectivity index (χ1) is 4.95. The summed E-state index contributed by atoms with van der Waals surface area (Å²) in [7, 11) is 0. The lowest BCUT2D eigenvalue weighted by Gasteiger charge is -2.17. The van der Waals surface area contributed by atoms with Crippen molar-refractivity contribution < 1.29 is 9.53 Å². The van der Waals surface area contributed by atoms with Gasteiger partial charge in [0, 0.05) is 12.5 Å². The lowest BCUT2D eigenvalue weighted by molar-refractivity contribution is -0.148. The highest BCUT2D eigenvalue weighted by Crippen LogP contribution is 2.06. The van der Waals surface area contributed by atoms with Crippen LogP contribution in [0.3, 0.4) is 0 Å². The van der Waals surface area contributed by atoms with Crippen LogP contribution in [-0.2, 0) is 9.53 Å². The molecular weight excluding hydrogens is 164 g/mol. The van der Waals surface area contributed by atoms with Gasteiger partial charge < -0.3 is 4.74 Å². The highest BCUT2D eigenvalue weighted by molar-refractivity contribution is 6.15. The highest BCUT2D eigenvalue weighted by Gasteiger charge is 2.12. The van der Waals surface area contributed by atoms with Crippen LogP contribution < -0.4 is 0 Å². The second-order valence-corrected chi connectivity index (χ2v) is 2.74. The molecule has 2 nitrogen and oxygen atoms in total. The Morgan fingerprint density at radius 2 is 1.82 bits per heavy atom. The Labute approximate surface area is 73.2 Å². The number of alkyl halides is 1. The van der Waals surface area contributed by atoms with Crippen molar-refractivity contribution in [1.29, 1.82) is 0 Å². The first-order valence-electron chi connectivity index (χ1n) is 3.19. The Morgan fingerprint density at radius 3 is 1.91 bits per heavy atom. The summed E-state index contributed by atoms with van der Waals surface area (Å²) in [6.45, 7) is 8.71. The summed E-state index contributed by atoms with van der Waals surface area (Å²) < 4.78 is 4.83. The van der Waals surface area contributed by atoms with Crippen molar-refractivity contribution in [3.05, 3.63) is 12.7 Å². The molecule has 0 radical (unpaired) electrons. The normalized spacial score (nSPS) is 9.18. The van der Waals surface area contributed by atoms with E-state index in [0.29, 0.717) is 0 Å². The van der Waals surface area contributed by atoms with Gasteiger partial charge in [-0.25, -0.2) is 4.79 Å². The van der Waals surface area contributed by atoms with E-state index in [-0.39, 0.29) is 5.97 Å². The van der Waals surface area contributed by atoms with Crippen molar-refractivity contribution in [3.63, 3.8) is 0 Å². The van der Waals surface area contributed by atoms with Gasteiger partial charge >= 0.3 is 5.97 Å². The van der Waals surface area contributed by atoms with E-state index in [1.807, 2.05) is 20.8 Å². The summed E-state index contributed by atoms with van der Waals surface area (Å²) in [4.78, 5) is 10.5. The molecule has 0 heterocycles. The molecule has 0 N–H and O–H groups in total. The van der Waals surface area contributed by atoms with Gasteiger partial charge in [-0.1, -0.05) is 6.58 Å². The Balaban J connectivity index is 0. The Kier molecular flexibility index (Phi) is 7.42. The van der Waals surface area contributed by atoms with E-state index in [0.717, 1.165) is 6.08 Å². The average molecular weight is 179 g/mol. The van der Waals surface area contributed by atoms with E-state index in [1.54, 1.807) is 0 Å². The monoisotopic (exact) mass is 178 g/mol. The first kappa shape index (κ1) is 13.1. The number of hydrogen-bond acceptors (Lipinski definition) is 2. The zero-order valence-electron chi connectivity index (χ0n) is 7.48. The van der Waals surface area contributed by atoms with Gasteiger partial charge in [0.2, 0.25) is 0 Å². The van der Waals surface area contributed by atoms with Crippen LogP contribution in [0, 0.1) is 0 Å². The van der Waals surface area contributed by atoms with E-state index in [9.17, 15) is 4.79 Å². The Morgan fingerprint density at radius 1 is 1.45 bits per heavy atom. The molecule has 0 aromatic rings. The fourth-order valence-corrected chi connectivity index (χ4v) is 0.343. The third-order valence-electron chi connectivity index (χ3n) is 0.573. The van der Waals surface area contributed by atoms with Crippen molar-refractivity contribution in [2.24, 2.45) is 0 Å². The van der Waals surface area contributed by atoms with Gasteiger partial charge in [-0.3, -0.25) is 0 Å². The second-order valence-electron chi connectivity index (χ2n) is 2.74. The van der Waals surface area contributed by atoms with E-state index in [2.05, 4.69) is 18.2 Å². The maximum absolute atomic E-state index is 10.5. The smallest absolute Gasteiger partial charge is 0.330 e. The minimum Gasteiger partial charge on any atom is -0.457 e. The van der Waals surface area contributed by atoms with Crippen molar-refractivity contribution in [2.75, 3.05) is 6.38 Å². The van der Waals surface area contributed by atoms with E-state index in [1.165, 1.54) is 6.38 Å². The molecule has 0 aromatic carbocycles. The molecule has 0 aliphatic carbocycles.